The van der Waals surface area contributed by atoms with Crippen LogP contribution in [0, 0.1) is 5.82 Å². The van der Waals surface area contributed by atoms with Crippen molar-refractivity contribution in [3.8, 4) is 0 Å². The molecule has 2 aromatic carbocycles. The molecule has 0 bridgehead atoms. The molecule has 2 unspecified atom stereocenters. The summed E-state index contributed by atoms with van der Waals surface area (Å²) in [5.41, 5.74) is 2.01. The summed E-state index contributed by atoms with van der Waals surface area (Å²) in [5, 5.41) is 17.0. The van der Waals surface area contributed by atoms with Crippen molar-refractivity contribution in [3.63, 3.8) is 0 Å². The summed E-state index contributed by atoms with van der Waals surface area (Å²) < 4.78 is 19.3. The SMILES string of the molecule is CCNC(=NCC(O)COC(C)c1ccccc1)NC1CCN(c2cccc(F)c2)CC1. The Morgan fingerprint density at radius 3 is 2.62 bits per heavy atom. The minimum absolute atomic E-state index is 0.0792. The summed E-state index contributed by atoms with van der Waals surface area (Å²) in [6.07, 6.45) is 1.11. The summed E-state index contributed by atoms with van der Waals surface area (Å²) in [5.74, 6) is 0.497. The molecule has 0 aromatic heterocycles. The number of aliphatic hydroxyl groups is 1. The molecule has 0 saturated carbocycles. The lowest BCUT2D eigenvalue weighted by molar-refractivity contribution is 0.00111. The average Bonchev–Trinajstić information content (AvgIpc) is 2.82. The van der Waals surface area contributed by atoms with E-state index in [9.17, 15) is 9.50 Å². The molecule has 2 aromatic rings. The average molecular weight is 443 g/mol. The van der Waals surface area contributed by atoms with Gasteiger partial charge in [0.05, 0.1) is 25.4 Å². The molecule has 1 aliphatic heterocycles. The smallest absolute Gasteiger partial charge is 0.191 e. The molecule has 174 valence electrons. The van der Waals surface area contributed by atoms with Crippen molar-refractivity contribution in [3.05, 3.63) is 66.0 Å². The van der Waals surface area contributed by atoms with Crippen LogP contribution in [0.3, 0.4) is 0 Å². The lowest BCUT2D eigenvalue weighted by Crippen LogP contribution is -2.49. The van der Waals surface area contributed by atoms with E-state index in [4.69, 9.17) is 4.74 Å². The van der Waals surface area contributed by atoms with Gasteiger partial charge >= 0.3 is 0 Å². The lowest BCUT2D eigenvalue weighted by Gasteiger charge is -2.34. The molecule has 6 nitrogen and oxygen atoms in total. The zero-order chi connectivity index (χ0) is 22.8. The minimum atomic E-state index is -0.675. The molecule has 1 saturated heterocycles. The van der Waals surface area contributed by atoms with Crippen LogP contribution in [0.25, 0.3) is 0 Å². The fourth-order valence-electron chi connectivity index (χ4n) is 3.79. The quantitative estimate of drug-likeness (QED) is 0.410. The van der Waals surface area contributed by atoms with Crippen LogP contribution >= 0.6 is 0 Å². The number of guanidine groups is 1. The molecule has 3 N–H and O–H groups in total. The number of benzene rings is 2. The first-order chi connectivity index (χ1) is 15.5. The number of aliphatic imine (C=N–C) groups is 1. The Bertz CT molecular complexity index is 841. The number of rotatable bonds is 9. The number of nitrogens with zero attached hydrogens (tertiary/aromatic N) is 2. The first kappa shape index (κ1) is 24.0. The molecule has 3 rings (SSSR count). The van der Waals surface area contributed by atoms with Crippen molar-refractivity contribution in [2.75, 3.05) is 37.7 Å². The number of ether oxygens (including phenoxy) is 1. The molecule has 1 heterocycles. The highest BCUT2D eigenvalue weighted by Crippen LogP contribution is 2.21. The Morgan fingerprint density at radius 2 is 1.94 bits per heavy atom. The van der Waals surface area contributed by atoms with Crippen molar-refractivity contribution in [1.82, 2.24) is 10.6 Å². The van der Waals surface area contributed by atoms with E-state index in [1.807, 2.05) is 50.2 Å². The van der Waals surface area contributed by atoms with Crippen molar-refractivity contribution < 1.29 is 14.2 Å². The van der Waals surface area contributed by atoms with E-state index in [2.05, 4.69) is 20.5 Å². The summed E-state index contributed by atoms with van der Waals surface area (Å²) >= 11 is 0. The van der Waals surface area contributed by atoms with Crippen molar-refractivity contribution in [2.24, 2.45) is 4.99 Å². The molecule has 32 heavy (non-hydrogen) atoms. The molecule has 2 atom stereocenters. The third kappa shape index (κ3) is 7.50. The predicted octanol–water partition coefficient (Wildman–Crippen LogP) is 3.49. The zero-order valence-corrected chi connectivity index (χ0v) is 19.0. The van der Waals surface area contributed by atoms with Crippen LogP contribution in [0.2, 0.25) is 0 Å². The topological polar surface area (TPSA) is 69.1 Å². The molecule has 0 aliphatic carbocycles. The normalized spacial score (nSPS) is 17.1. The first-order valence-corrected chi connectivity index (χ1v) is 11.4. The van der Waals surface area contributed by atoms with Crippen LogP contribution in [0.5, 0.6) is 0 Å². The van der Waals surface area contributed by atoms with Gasteiger partial charge in [0.15, 0.2) is 5.96 Å². The van der Waals surface area contributed by atoms with E-state index < -0.39 is 6.10 Å². The first-order valence-electron chi connectivity index (χ1n) is 11.4. The van der Waals surface area contributed by atoms with Gasteiger partial charge < -0.3 is 25.4 Å². The molecular weight excluding hydrogens is 407 g/mol. The molecule has 7 heteroatoms. The van der Waals surface area contributed by atoms with Gasteiger partial charge in [-0.1, -0.05) is 36.4 Å². The standard InChI is InChI=1S/C25H35FN4O2/c1-3-27-25(28-17-24(31)18-32-19(2)20-8-5-4-6-9-20)29-22-12-14-30(15-13-22)23-11-7-10-21(26)16-23/h4-11,16,19,22,24,31H,3,12-15,17-18H2,1-2H3,(H2,27,28,29). The van der Waals surface area contributed by atoms with Gasteiger partial charge in [-0.15, -0.1) is 0 Å². The monoisotopic (exact) mass is 442 g/mol. The molecule has 1 aliphatic rings. The van der Waals surface area contributed by atoms with Crippen molar-refractivity contribution in [2.45, 2.75) is 44.9 Å². The fourth-order valence-corrected chi connectivity index (χ4v) is 3.79. The third-order valence-electron chi connectivity index (χ3n) is 5.62. The highest BCUT2D eigenvalue weighted by atomic mass is 19.1. The molecule has 0 spiro atoms. The van der Waals surface area contributed by atoms with Crippen LogP contribution in [-0.4, -0.2) is 56.0 Å². The Balaban J connectivity index is 1.44. The summed E-state index contributed by atoms with van der Waals surface area (Å²) in [7, 11) is 0. The fraction of sp³-hybridized carbons (Fsp3) is 0.480. The van der Waals surface area contributed by atoms with Gasteiger partial charge in [0, 0.05) is 31.4 Å². The number of anilines is 1. The lowest BCUT2D eigenvalue weighted by atomic mass is 10.0. The van der Waals surface area contributed by atoms with Gasteiger partial charge in [0.1, 0.15) is 5.82 Å². The Labute approximate surface area is 190 Å². The number of aliphatic hydroxyl groups excluding tert-OH is 1. The molecule has 0 amide bonds. The number of hydrogen-bond acceptors (Lipinski definition) is 4. The van der Waals surface area contributed by atoms with Crippen LogP contribution in [-0.2, 0) is 4.74 Å². The number of nitrogens with one attached hydrogen (secondary N) is 2. The van der Waals surface area contributed by atoms with Gasteiger partial charge in [-0.05, 0) is 50.5 Å². The molecular formula is C25H35FN4O2. The maximum Gasteiger partial charge on any atom is 0.191 e. The van der Waals surface area contributed by atoms with E-state index >= 15 is 0 Å². The van der Waals surface area contributed by atoms with Gasteiger partial charge in [-0.3, -0.25) is 4.99 Å². The largest absolute Gasteiger partial charge is 0.389 e. The molecule has 0 radical (unpaired) electrons. The second kappa shape index (κ2) is 12.4. The number of piperidine rings is 1. The van der Waals surface area contributed by atoms with E-state index in [1.54, 1.807) is 12.1 Å². The van der Waals surface area contributed by atoms with Crippen LogP contribution in [0.4, 0.5) is 10.1 Å². The summed E-state index contributed by atoms with van der Waals surface area (Å²) in [4.78, 5) is 6.76. The van der Waals surface area contributed by atoms with Crippen molar-refractivity contribution >= 4 is 11.6 Å². The predicted molar refractivity (Wildman–Crippen MR) is 128 cm³/mol. The van der Waals surface area contributed by atoms with Gasteiger partial charge in [-0.25, -0.2) is 4.39 Å². The van der Waals surface area contributed by atoms with Gasteiger partial charge in [0.25, 0.3) is 0 Å². The van der Waals surface area contributed by atoms with Crippen LogP contribution < -0.4 is 15.5 Å². The maximum atomic E-state index is 13.5. The van der Waals surface area contributed by atoms with Crippen molar-refractivity contribution in [1.29, 1.82) is 0 Å². The van der Waals surface area contributed by atoms with E-state index in [0.717, 1.165) is 43.7 Å². The minimum Gasteiger partial charge on any atom is -0.389 e. The second-order valence-corrected chi connectivity index (χ2v) is 8.15. The summed E-state index contributed by atoms with van der Waals surface area (Å²) in [6, 6.07) is 17.0. The Morgan fingerprint density at radius 1 is 1.19 bits per heavy atom. The molecule has 1 fully saturated rings. The number of halogens is 1. The van der Waals surface area contributed by atoms with Gasteiger partial charge in [0.2, 0.25) is 0 Å². The summed E-state index contributed by atoms with van der Waals surface area (Å²) in [6.45, 7) is 6.94. The second-order valence-electron chi connectivity index (χ2n) is 8.15. The van der Waals surface area contributed by atoms with Crippen LogP contribution in [0.15, 0.2) is 59.6 Å². The maximum absolute atomic E-state index is 13.5. The van der Waals surface area contributed by atoms with E-state index in [0.29, 0.717) is 5.96 Å². The third-order valence-corrected chi connectivity index (χ3v) is 5.62. The van der Waals surface area contributed by atoms with E-state index in [1.165, 1.54) is 6.07 Å². The van der Waals surface area contributed by atoms with E-state index in [-0.39, 0.29) is 31.1 Å². The van der Waals surface area contributed by atoms with Gasteiger partial charge in [-0.2, -0.15) is 0 Å². The van der Waals surface area contributed by atoms with Crippen LogP contribution in [0.1, 0.15) is 38.4 Å². The highest BCUT2D eigenvalue weighted by molar-refractivity contribution is 5.80. The zero-order valence-electron chi connectivity index (χ0n) is 19.0. The Hall–Kier alpha value is -2.64. The highest BCUT2D eigenvalue weighted by Gasteiger charge is 2.20. The number of hydrogen-bond donors (Lipinski definition) is 3. The Kier molecular flexibility index (Phi) is 9.31.